The predicted molar refractivity (Wildman–Crippen MR) is 40.9 cm³/mol. The summed E-state index contributed by atoms with van der Waals surface area (Å²) in [4.78, 5) is 4.31. The molecular formula is C7H16N2O. The van der Waals surface area contributed by atoms with Gasteiger partial charge in [0.25, 0.3) is 0 Å². The summed E-state index contributed by atoms with van der Waals surface area (Å²) in [6.07, 6.45) is 0.546. The maximum Gasteiger partial charge on any atom is 0.123 e. The van der Waals surface area contributed by atoms with Gasteiger partial charge >= 0.3 is 0 Å². The molecule has 0 aromatic rings. The number of ether oxygens (including phenoxy) is 1. The molecule has 0 aromatic carbocycles. The fraction of sp³-hybridized carbons (Fsp3) is 1.00. The molecule has 0 bridgehead atoms. The molecule has 3 heteroatoms. The quantitative estimate of drug-likeness (QED) is 0.439. The lowest BCUT2D eigenvalue weighted by Gasteiger charge is -1.90. The van der Waals surface area contributed by atoms with Gasteiger partial charge in [-0.2, -0.15) is 0 Å². The topological polar surface area (TPSA) is 15.5 Å². The number of hydrogen-bond acceptors (Lipinski definition) is 3. The van der Waals surface area contributed by atoms with Crippen molar-refractivity contribution in [1.29, 1.82) is 0 Å². The number of rotatable bonds is 0. The number of fused-ring (bicyclic) bond motifs is 1. The molecule has 2 atom stereocenters. The smallest absolute Gasteiger partial charge is 0.123 e. The van der Waals surface area contributed by atoms with Gasteiger partial charge in [-0.3, -0.25) is 4.90 Å². The lowest BCUT2D eigenvalue weighted by atomic mass is 10.7. The Hall–Kier alpha value is -0.120. The van der Waals surface area contributed by atoms with Crippen LogP contribution >= 0.6 is 0 Å². The average molecular weight is 144 g/mol. The van der Waals surface area contributed by atoms with E-state index in [1.165, 1.54) is 13.1 Å². The minimum Gasteiger partial charge on any atom is -0.360 e. The van der Waals surface area contributed by atoms with Crippen LogP contribution in [0.15, 0.2) is 0 Å². The van der Waals surface area contributed by atoms with E-state index in [9.17, 15) is 0 Å². The lowest BCUT2D eigenvalue weighted by molar-refractivity contribution is 0.159. The van der Waals surface area contributed by atoms with Crippen LogP contribution < -0.4 is 0 Å². The Kier molecular flexibility index (Phi) is 2.65. The van der Waals surface area contributed by atoms with Crippen molar-refractivity contribution in [3.8, 4) is 0 Å². The van der Waals surface area contributed by atoms with Crippen LogP contribution in [0.4, 0.5) is 0 Å². The molecule has 60 valence electrons. The molecule has 0 amide bonds. The van der Waals surface area contributed by atoms with Crippen molar-refractivity contribution >= 4 is 0 Å². The first-order valence-corrected chi connectivity index (χ1v) is 3.66. The van der Waals surface area contributed by atoms with Crippen molar-refractivity contribution < 1.29 is 4.74 Å². The highest BCUT2D eigenvalue weighted by Gasteiger charge is 2.39. The molecule has 2 aliphatic heterocycles. The largest absolute Gasteiger partial charge is 0.360 e. The third kappa shape index (κ3) is 2.64. The molecular weight excluding hydrogens is 128 g/mol. The van der Waals surface area contributed by atoms with Crippen LogP contribution in [0.1, 0.15) is 0 Å². The summed E-state index contributed by atoms with van der Waals surface area (Å²) in [6.45, 7) is 3.33. The van der Waals surface area contributed by atoms with Crippen LogP contribution in [0.3, 0.4) is 0 Å². The van der Waals surface area contributed by atoms with E-state index in [-0.39, 0.29) is 0 Å². The Labute approximate surface area is 62.6 Å². The molecule has 2 rings (SSSR count). The van der Waals surface area contributed by atoms with Gasteiger partial charge in [0.15, 0.2) is 0 Å². The molecule has 2 heterocycles. The summed E-state index contributed by atoms with van der Waals surface area (Å²) >= 11 is 0. The first-order valence-electron chi connectivity index (χ1n) is 3.66. The fourth-order valence-electron chi connectivity index (χ4n) is 0.853. The molecule has 2 unspecified atom stereocenters. The van der Waals surface area contributed by atoms with Crippen molar-refractivity contribution in [2.45, 2.75) is 6.23 Å². The van der Waals surface area contributed by atoms with Gasteiger partial charge in [0.1, 0.15) is 6.23 Å². The molecule has 2 saturated heterocycles. The second-order valence-electron chi connectivity index (χ2n) is 3.16. The number of hydrogen-bond donors (Lipinski definition) is 0. The summed E-state index contributed by atoms with van der Waals surface area (Å²) in [6, 6.07) is 0. The zero-order valence-corrected chi connectivity index (χ0v) is 7.00. The highest BCUT2D eigenvalue weighted by atomic mass is 16.5. The summed E-state index contributed by atoms with van der Waals surface area (Å²) in [5.74, 6) is 0. The Balaban J connectivity index is 0.000000112. The van der Waals surface area contributed by atoms with E-state index in [0.717, 1.165) is 6.61 Å². The highest BCUT2D eigenvalue weighted by Crippen LogP contribution is 2.22. The van der Waals surface area contributed by atoms with Crippen LogP contribution in [-0.4, -0.2) is 56.9 Å². The van der Waals surface area contributed by atoms with E-state index in [2.05, 4.69) is 4.90 Å². The Morgan fingerprint density at radius 1 is 1.40 bits per heavy atom. The molecule has 3 nitrogen and oxygen atoms in total. The first kappa shape index (κ1) is 7.98. The molecule has 10 heavy (non-hydrogen) atoms. The van der Waals surface area contributed by atoms with Gasteiger partial charge in [-0.05, 0) is 21.1 Å². The number of morpholine rings is 1. The summed E-state index contributed by atoms with van der Waals surface area (Å²) < 4.78 is 5.15. The molecule has 0 radical (unpaired) electrons. The molecule has 0 N–H and O–H groups in total. The predicted octanol–water partition coefficient (Wildman–Crippen LogP) is -0.164. The maximum absolute atomic E-state index is 5.15. The van der Waals surface area contributed by atoms with Crippen LogP contribution in [0, 0.1) is 0 Å². The van der Waals surface area contributed by atoms with E-state index in [4.69, 9.17) is 4.74 Å². The zero-order valence-electron chi connectivity index (χ0n) is 7.00. The third-order valence-corrected chi connectivity index (χ3v) is 1.35. The standard InChI is InChI=1S/C4H7NO.C3H9N/c1-2-6-4-3-5(1)4;1-4(2)3/h4H,1-3H2;1-3H3. The third-order valence-electron chi connectivity index (χ3n) is 1.35. The molecule has 2 fully saturated rings. The summed E-state index contributed by atoms with van der Waals surface area (Å²) in [5.41, 5.74) is 0. The van der Waals surface area contributed by atoms with Gasteiger partial charge < -0.3 is 9.64 Å². The fourth-order valence-corrected chi connectivity index (χ4v) is 0.853. The minimum atomic E-state index is 0.546. The average Bonchev–Trinajstić information content (AvgIpc) is 2.40. The van der Waals surface area contributed by atoms with Gasteiger partial charge in [-0.1, -0.05) is 0 Å². The Morgan fingerprint density at radius 3 is 2.10 bits per heavy atom. The molecule has 0 saturated carbocycles. The van der Waals surface area contributed by atoms with Gasteiger partial charge in [-0.25, -0.2) is 0 Å². The second-order valence-corrected chi connectivity index (χ2v) is 3.16. The Morgan fingerprint density at radius 2 is 2.00 bits per heavy atom. The van der Waals surface area contributed by atoms with Gasteiger partial charge in [0.2, 0.25) is 0 Å². The van der Waals surface area contributed by atoms with Crippen LogP contribution in [0.5, 0.6) is 0 Å². The van der Waals surface area contributed by atoms with E-state index >= 15 is 0 Å². The van der Waals surface area contributed by atoms with E-state index in [1.54, 1.807) is 0 Å². The van der Waals surface area contributed by atoms with Gasteiger partial charge in [-0.15, -0.1) is 0 Å². The van der Waals surface area contributed by atoms with Crippen molar-refractivity contribution in [2.75, 3.05) is 40.8 Å². The SMILES string of the molecule is C1CN2CC2O1.CN(C)C. The Bertz CT molecular complexity index is 95.0. The van der Waals surface area contributed by atoms with Gasteiger partial charge in [0, 0.05) is 13.1 Å². The molecule has 0 aromatic heterocycles. The van der Waals surface area contributed by atoms with Crippen LogP contribution in [0.25, 0.3) is 0 Å². The van der Waals surface area contributed by atoms with Crippen LogP contribution in [0.2, 0.25) is 0 Å². The zero-order chi connectivity index (χ0) is 7.56. The van der Waals surface area contributed by atoms with Gasteiger partial charge in [0.05, 0.1) is 6.61 Å². The summed E-state index contributed by atoms with van der Waals surface area (Å²) in [5, 5.41) is 0. The van der Waals surface area contributed by atoms with Crippen molar-refractivity contribution in [1.82, 2.24) is 9.80 Å². The lowest BCUT2D eigenvalue weighted by Crippen LogP contribution is -1.99. The molecule has 0 aliphatic carbocycles. The summed E-state index contributed by atoms with van der Waals surface area (Å²) in [7, 11) is 6.00. The van der Waals surface area contributed by atoms with E-state index in [0.29, 0.717) is 6.23 Å². The normalized spacial score (nSPS) is 34.8. The molecule has 0 spiro atoms. The minimum absolute atomic E-state index is 0.546. The first-order chi connectivity index (χ1) is 4.70. The maximum atomic E-state index is 5.15. The second kappa shape index (κ2) is 3.32. The monoisotopic (exact) mass is 144 g/mol. The van der Waals surface area contributed by atoms with Crippen LogP contribution in [-0.2, 0) is 4.74 Å². The molecule has 2 aliphatic rings. The van der Waals surface area contributed by atoms with Crippen molar-refractivity contribution in [2.24, 2.45) is 0 Å². The van der Waals surface area contributed by atoms with Crippen molar-refractivity contribution in [3.63, 3.8) is 0 Å². The van der Waals surface area contributed by atoms with E-state index in [1.807, 2.05) is 26.0 Å². The highest BCUT2D eigenvalue weighted by molar-refractivity contribution is 4.85. The van der Waals surface area contributed by atoms with Crippen molar-refractivity contribution in [3.05, 3.63) is 0 Å². The number of nitrogens with zero attached hydrogens (tertiary/aromatic N) is 2. The van der Waals surface area contributed by atoms with E-state index < -0.39 is 0 Å².